The number of hydrogen-bond donors (Lipinski definition) is 1. The lowest BCUT2D eigenvalue weighted by Gasteiger charge is -2.08. The van der Waals surface area contributed by atoms with Gasteiger partial charge in [0.2, 0.25) is 0 Å². The van der Waals surface area contributed by atoms with Crippen molar-refractivity contribution in [3.8, 4) is 11.8 Å². The fourth-order valence-corrected chi connectivity index (χ4v) is 2.75. The molecule has 0 fully saturated rings. The van der Waals surface area contributed by atoms with E-state index in [0.29, 0.717) is 23.6 Å². The highest BCUT2D eigenvalue weighted by atomic mass is 79.9. The molecule has 144 valence electrons. The summed E-state index contributed by atoms with van der Waals surface area (Å²) < 4.78 is 19.8. The smallest absolute Gasteiger partial charge is 0.266 e. The first-order chi connectivity index (χ1) is 14.0. The largest absolute Gasteiger partial charge is 0.489 e. The van der Waals surface area contributed by atoms with Crippen molar-refractivity contribution >= 4 is 33.6 Å². The third kappa shape index (κ3) is 6.03. The highest BCUT2D eigenvalue weighted by Gasteiger charge is 2.10. The normalized spacial score (nSPS) is 10.9. The predicted octanol–water partition coefficient (Wildman–Crippen LogP) is 5.71. The first-order valence-electron chi connectivity index (χ1n) is 8.69. The Balaban J connectivity index is 1.69. The Morgan fingerprint density at radius 2 is 1.83 bits per heavy atom. The average molecular weight is 451 g/mol. The Kier molecular flexibility index (Phi) is 6.77. The second-order valence-electron chi connectivity index (χ2n) is 6.12. The van der Waals surface area contributed by atoms with Gasteiger partial charge in [0.25, 0.3) is 5.91 Å². The van der Waals surface area contributed by atoms with Crippen molar-refractivity contribution in [1.29, 1.82) is 5.26 Å². The molecule has 0 aromatic heterocycles. The highest BCUT2D eigenvalue weighted by molar-refractivity contribution is 9.10. The van der Waals surface area contributed by atoms with Crippen molar-refractivity contribution in [3.05, 3.63) is 99.8 Å². The molecule has 0 spiro atoms. The van der Waals surface area contributed by atoms with Gasteiger partial charge in [0.1, 0.15) is 29.8 Å². The molecule has 1 amide bonds. The number of nitriles is 1. The number of amides is 1. The minimum absolute atomic E-state index is 0.0700. The van der Waals surface area contributed by atoms with E-state index in [1.165, 1.54) is 30.3 Å². The molecule has 3 rings (SSSR count). The van der Waals surface area contributed by atoms with E-state index in [4.69, 9.17) is 4.74 Å². The van der Waals surface area contributed by atoms with Crippen molar-refractivity contribution in [2.75, 3.05) is 5.32 Å². The van der Waals surface area contributed by atoms with Gasteiger partial charge in [-0.3, -0.25) is 4.79 Å². The molecule has 6 heteroatoms. The molecule has 29 heavy (non-hydrogen) atoms. The molecule has 0 bridgehead atoms. The molecule has 4 nitrogen and oxygen atoms in total. The highest BCUT2D eigenvalue weighted by Crippen LogP contribution is 2.19. The van der Waals surface area contributed by atoms with E-state index in [-0.39, 0.29) is 5.57 Å². The van der Waals surface area contributed by atoms with Gasteiger partial charge < -0.3 is 10.1 Å². The van der Waals surface area contributed by atoms with Gasteiger partial charge in [-0.05, 0) is 65.7 Å². The molecule has 0 unspecified atom stereocenters. The van der Waals surface area contributed by atoms with Gasteiger partial charge in [-0.1, -0.05) is 40.2 Å². The Bertz CT molecular complexity index is 1070. The van der Waals surface area contributed by atoms with Crippen LogP contribution in [0.15, 0.2) is 82.8 Å². The number of ether oxygens (including phenoxy) is 1. The van der Waals surface area contributed by atoms with E-state index >= 15 is 0 Å². The van der Waals surface area contributed by atoms with Gasteiger partial charge >= 0.3 is 0 Å². The summed E-state index contributed by atoms with van der Waals surface area (Å²) in [6.07, 6.45) is 1.48. The number of halogens is 2. The van der Waals surface area contributed by atoms with Crippen LogP contribution in [0.4, 0.5) is 10.1 Å². The van der Waals surface area contributed by atoms with Gasteiger partial charge in [0, 0.05) is 10.2 Å². The molecule has 1 N–H and O–H groups in total. The van der Waals surface area contributed by atoms with Gasteiger partial charge in [0.15, 0.2) is 0 Å². The fraction of sp³-hybridized carbons (Fsp3) is 0.0435. The Morgan fingerprint density at radius 3 is 2.52 bits per heavy atom. The van der Waals surface area contributed by atoms with Crippen LogP contribution in [-0.2, 0) is 11.4 Å². The Labute approximate surface area is 176 Å². The van der Waals surface area contributed by atoms with Crippen LogP contribution >= 0.6 is 15.9 Å². The molecule has 3 aromatic rings. The number of carbonyl (C=O) groups is 1. The summed E-state index contributed by atoms with van der Waals surface area (Å²) in [5, 5.41) is 11.9. The molecule has 0 saturated carbocycles. The summed E-state index contributed by atoms with van der Waals surface area (Å²) in [6, 6.07) is 22.1. The maximum absolute atomic E-state index is 13.0. The van der Waals surface area contributed by atoms with E-state index in [1.807, 2.05) is 30.3 Å². The summed E-state index contributed by atoms with van der Waals surface area (Å²) in [5.74, 6) is -0.350. The number of anilines is 1. The van der Waals surface area contributed by atoms with Crippen LogP contribution < -0.4 is 10.1 Å². The van der Waals surface area contributed by atoms with E-state index < -0.39 is 11.7 Å². The molecule has 0 heterocycles. The van der Waals surface area contributed by atoms with Crippen molar-refractivity contribution < 1.29 is 13.9 Å². The molecule has 0 aliphatic carbocycles. The van der Waals surface area contributed by atoms with Crippen LogP contribution in [0.1, 0.15) is 11.1 Å². The van der Waals surface area contributed by atoms with E-state index in [9.17, 15) is 14.4 Å². The first kappa shape index (κ1) is 20.3. The maximum atomic E-state index is 13.0. The van der Waals surface area contributed by atoms with Gasteiger partial charge in [0.05, 0.1) is 0 Å². The second kappa shape index (κ2) is 9.67. The average Bonchev–Trinajstić information content (AvgIpc) is 2.73. The lowest BCUT2D eigenvalue weighted by molar-refractivity contribution is -0.112. The van der Waals surface area contributed by atoms with Crippen LogP contribution in [0.3, 0.4) is 0 Å². The third-order valence-corrected chi connectivity index (χ3v) is 4.48. The summed E-state index contributed by atoms with van der Waals surface area (Å²) in [7, 11) is 0. The molecular weight excluding hydrogens is 435 g/mol. The van der Waals surface area contributed by atoms with Crippen LogP contribution in [0.2, 0.25) is 0 Å². The number of benzene rings is 3. The minimum atomic E-state index is -0.569. The third-order valence-electron chi connectivity index (χ3n) is 3.96. The summed E-state index contributed by atoms with van der Waals surface area (Å²) >= 11 is 3.39. The van der Waals surface area contributed by atoms with Crippen LogP contribution in [0, 0.1) is 17.1 Å². The van der Waals surface area contributed by atoms with Crippen molar-refractivity contribution in [2.24, 2.45) is 0 Å². The number of nitrogens with zero attached hydrogens (tertiary/aromatic N) is 1. The topological polar surface area (TPSA) is 62.1 Å². The second-order valence-corrected chi connectivity index (χ2v) is 7.03. The van der Waals surface area contributed by atoms with Crippen molar-refractivity contribution in [3.63, 3.8) is 0 Å². The standard InChI is InChI=1S/C23H16BrFN2O2/c24-19-6-4-16(5-7-19)15-29-22-3-1-2-17(13-22)12-18(14-26)23(28)27-21-10-8-20(25)9-11-21/h1-13H,15H2,(H,27,28)/b18-12-. The zero-order valence-electron chi connectivity index (χ0n) is 15.2. The Hall–Kier alpha value is -3.43. The summed E-state index contributed by atoms with van der Waals surface area (Å²) in [4.78, 5) is 12.3. The number of carbonyl (C=O) groups excluding carboxylic acids is 1. The first-order valence-corrected chi connectivity index (χ1v) is 9.49. The van der Waals surface area contributed by atoms with Crippen molar-refractivity contribution in [1.82, 2.24) is 0 Å². The van der Waals surface area contributed by atoms with E-state index in [2.05, 4.69) is 21.2 Å². The van der Waals surface area contributed by atoms with E-state index in [0.717, 1.165) is 10.0 Å². The van der Waals surface area contributed by atoms with E-state index in [1.54, 1.807) is 24.3 Å². The number of rotatable bonds is 6. The molecule has 0 saturated heterocycles. The monoisotopic (exact) mass is 450 g/mol. The summed E-state index contributed by atoms with van der Waals surface area (Å²) in [5.41, 5.74) is 2.01. The molecular formula is C23H16BrFN2O2. The minimum Gasteiger partial charge on any atom is -0.489 e. The van der Waals surface area contributed by atoms with Gasteiger partial charge in [-0.15, -0.1) is 0 Å². The van der Waals surface area contributed by atoms with Gasteiger partial charge in [-0.25, -0.2) is 4.39 Å². The molecule has 3 aromatic carbocycles. The molecule has 0 aliphatic rings. The molecule has 0 radical (unpaired) electrons. The number of hydrogen-bond acceptors (Lipinski definition) is 3. The van der Waals surface area contributed by atoms with Crippen LogP contribution in [0.25, 0.3) is 6.08 Å². The maximum Gasteiger partial charge on any atom is 0.266 e. The lowest BCUT2D eigenvalue weighted by atomic mass is 10.1. The fourth-order valence-electron chi connectivity index (χ4n) is 2.49. The quantitative estimate of drug-likeness (QED) is 0.386. The lowest BCUT2D eigenvalue weighted by Crippen LogP contribution is -2.13. The van der Waals surface area contributed by atoms with Crippen LogP contribution in [-0.4, -0.2) is 5.91 Å². The predicted molar refractivity (Wildman–Crippen MR) is 114 cm³/mol. The zero-order valence-corrected chi connectivity index (χ0v) is 16.8. The van der Waals surface area contributed by atoms with Crippen molar-refractivity contribution in [2.45, 2.75) is 6.61 Å². The Morgan fingerprint density at radius 1 is 1.10 bits per heavy atom. The number of nitrogens with one attached hydrogen (secondary N) is 1. The van der Waals surface area contributed by atoms with Crippen LogP contribution in [0.5, 0.6) is 5.75 Å². The molecule has 0 aliphatic heterocycles. The van der Waals surface area contributed by atoms with Gasteiger partial charge in [-0.2, -0.15) is 5.26 Å². The summed E-state index contributed by atoms with van der Waals surface area (Å²) in [6.45, 7) is 0.399. The zero-order chi connectivity index (χ0) is 20.6. The molecule has 0 atom stereocenters. The SMILES string of the molecule is N#C/C(=C/c1cccc(OCc2ccc(Br)cc2)c1)C(=O)Nc1ccc(F)cc1.